The van der Waals surface area contributed by atoms with Crippen LogP contribution in [-0.4, -0.2) is 53.9 Å². The topological polar surface area (TPSA) is 62.5 Å². The number of likely N-dealkylation sites (N-methyl/N-ethyl adjacent to an activating group) is 1. The molecule has 1 aliphatic heterocycles. The maximum Gasteiger partial charge on any atom is 0.253 e. The van der Waals surface area contributed by atoms with E-state index >= 15 is 0 Å². The first-order valence-corrected chi connectivity index (χ1v) is 6.85. The highest BCUT2D eigenvalue weighted by Gasteiger charge is 2.16. The Labute approximate surface area is 118 Å². The summed E-state index contributed by atoms with van der Waals surface area (Å²) in [6.07, 6.45) is 2.52. The van der Waals surface area contributed by atoms with Crippen LogP contribution in [-0.2, 0) is 0 Å². The number of hydrogen-bond acceptors (Lipinski definition) is 4. The second-order valence-corrected chi connectivity index (χ2v) is 5.27. The Bertz CT molecular complexity index is 440. The van der Waals surface area contributed by atoms with Gasteiger partial charge in [0.05, 0.1) is 0 Å². The molecule has 6 heteroatoms. The van der Waals surface area contributed by atoms with Crippen molar-refractivity contribution in [2.24, 2.45) is 0 Å². The maximum atomic E-state index is 12.2. The van der Waals surface area contributed by atoms with Crippen molar-refractivity contribution in [1.29, 1.82) is 0 Å². The lowest BCUT2D eigenvalue weighted by Crippen LogP contribution is -2.35. The number of likely N-dealkylation sites (tertiary alicyclic amines) is 1. The second-order valence-electron chi connectivity index (χ2n) is 4.88. The maximum absolute atomic E-state index is 12.2. The van der Waals surface area contributed by atoms with Gasteiger partial charge in [-0.3, -0.25) is 4.79 Å². The molecule has 0 aliphatic carbocycles. The summed E-state index contributed by atoms with van der Waals surface area (Å²) < 4.78 is 0. The lowest BCUT2D eigenvalue weighted by molar-refractivity contribution is 0.0782. The van der Waals surface area contributed by atoms with Crippen LogP contribution in [0.1, 0.15) is 23.2 Å². The van der Waals surface area contributed by atoms with E-state index in [1.165, 1.54) is 12.8 Å². The van der Waals surface area contributed by atoms with Gasteiger partial charge in [0.1, 0.15) is 11.0 Å². The molecule has 104 valence electrons. The summed E-state index contributed by atoms with van der Waals surface area (Å²) in [5.41, 5.74) is 6.08. The van der Waals surface area contributed by atoms with Gasteiger partial charge in [-0.25, -0.2) is 4.98 Å². The van der Waals surface area contributed by atoms with E-state index in [-0.39, 0.29) is 16.9 Å². The third-order valence-electron chi connectivity index (χ3n) is 3.36. The number of anilines is 1. The smallest absolute Gasteiger partial charge is 0.253 e. The summed E-state index contributed by atoms with van der Waals surface area (Å²) in [6, 6.07) is 3.10. The number of pyridine rings is 1. The largest absolute Gasteiger partial charge is 0.384 e. The Morgan fingerprint density at radius 1 is 1.47 bits per heavy atom. The Hall–Kier alpha value is -1.33. The van der Waals surface area contributed by atoms with E-state index in [1.54, 1.807) is 24.1 Å². The predicted octanol–water partition coefficient (Wildman–Crippen LogP) is 1.48. The minimum absolute atomic E-state index is 0.0739. The number of carbonyl (C=O) groups excluding carboxylic acids is 1. The highest BCUT2D eigenvalue weighted by Crippen LogP contribution is 2.14. The van der Waals surface area contributed by atoms with Crippen molar-refractivity contribution in [1.82, 2.24) is 14.8 Å². The molecule has 1 aromatic rings. The first-order valence-electron chi connectivity index (χ1n) is 6.47. The van der Waals surface area contributed by atoms with Crippen molar-refractivity contribution in [2.75, 3.05) is 39.0 Å². The molecule has 0 radical (unpaired) electrons. The number of rotatable bonds is 4. The van der Waals surface area contributed by atoms with Crippen molar-refractivity contribution in [3.8, 4) is 0 Å². The minimum atomic E-state index is -0.0739. The SMILES string of the molecule is CN(CCN1CCCC1)C(=O)c1cc(N)nc(Cl)c1. The van der Waals surface area contributed by atoms with Gasteiger partial charge in [-0.05, 0) is 38.1 Å². The quantitative estimate of drug-likeness (QED) is 0.850. The fourth-order valence-electron chi connectivity index (χ4n) is 2.26. The summed E-state index contributed by atoms with van der Waals surface area (Å²) in [7, 11) is 1.79. The van der Waals surface area contributed by atoms with Gasteiger partial charge in [0.15, 0.2) is 0 Å². The average molecular weight is 283 g/mol. The van der Waals surface area contributed by atoms with E-state index in [9.17, 15) is 4.79 Å². The Kier molecular flexibility index (Phi) is 4.61. The average Bonchev–Trinajstić information content (AvgIpc) is 2.87. The molecule has 2 rings (SSSR count). The van der Waals surface area contributed by atoms with Crippen LogP contribution in [0.4, 0.5) is 5.82 Å². The zero-order valence-corrected chi connectivity index (χ0v) is 11.9. The molecule has 2 heterocycles. The highest BCUT2D eigenvalue weighted by molar-refractivity contribution is 6.29. The summed E-state index contributed by atoms with van der Waals surface area (Å²) in [4.78, 5) is 20.1. The van der Waals surface area contributed by atoms with Crippen molar-refractivity contribution < 1.29 is 4.79 Å². The molecule has 1 amide bonds. The number of nitrogens with two attached hydrogens (primary N) is 1. The molecule has 1 saturated heterocycles. The first kappa shape index (κ1) is 14.1. The van der Waals surface area contributed by atoms with E-state index in [1.807, 2.05) is 0 Å². The van der Waals surface area contributed by atoms with Gasteiger partial charge in [0.2, 0.25) is 0 Å². The van der Waals surface area contributed by atoms with Crippen LogP contribution in [0.3, 0.4) is 0 Å². The molecule has 19 heavy (non-hydrogen) atoms. The van der Waals surface area contributed by atoms with Crippen LogP contribution in [0.5, 0.6) is 0 Å². The third kappa shape index (κ3) is 3.81. The Morgan fingerprint density at radius 2 is 2.16 bits per heavy atom. The number of hydrogen-bond donors (Lipinski definition) is 1. The van der Waals surface area contributed by atoms with Gasteiger partial charge in [-0.15, -0.1) is 0 Å². The Morgan fingerprint density at radius 3 is 2.79 bits per heavy atom. The molecule has 1 aromatic heterocycles. The summed E-state index contributed by atoms with van der Waals surface area (Å²) in [5, 5.41) is 0.247. The van der Waals surface area contributed by atoms with Crippen LogP contribution in [0, 0.1) is 0 Å². The first-order chi connectivity index (χ1) is 9.06. The molecule has 0 unspecified atom stereocenters. The van der Waals surface area contributed by atoms with Gasteiger partial charge in [0, 0.05) is 25.7 Å². The number of nitrogens with zero attached hydrogens (tertiary/aromatic N) is 3. The third-order valence-corrected chi connectivity index (χ3v) is 3.55. The molecule has 0 bridgehead atoms. The van der Waals surface area contributed by atoms with E-state index in [4.69, 9.17) is 17.3 Å². The molecular weight excluding hydrogens is 264 g/mol. The zero-order valence-electron chi connectivity index (χ0n) is 11.1. The predicted molar refractivity (Wildman–Crippen MR) is 76.3 cm³/mol. The van der Waals surface area contributed by atoms with Crippen molar-refractivity contribution in [2.45, 2.75) is 12.8 Å². The number of nitrogen functional groups attached to an aromatic ring is 1. The number of aromatic nitrogens is 1. The van der Waals surface area contributed by atoms with Gasteiger partial charge < -0.3 is 15.5 Å². The number of carbonyl (C=O) groups is 1. The zero-order chi connectivity index (χ0) is 13.8. The normalized spacial score (nSPS) is 15.7. The molecule has 0 saturated carbocycles. The van der Waals surface area contributed by atoms with Crippen LogP contribution in [0.25, 0.3) is 0 Å². The van der Waals surface area contributed by atoms with E-state index in [0.29, 0.717) is 12.1 Å². The lowest BCUT2D eigenvalue weighted by Gasteiger charge is -2.21. The number of amides is 1. The summed E-state index contributed by atoms with van der Waals surface area (Å²) in [6.45, 7) is 3.89. The van der Waals surface area contributed by atoms with Crippen molar-refractivity contribution >= 4 is 23.3 Å². The van der Waals surface area contributed by atoms with Gasteiger partial charge >= 0.3 is 0 Å². The van der Waals surface area contributed by atoms with Crippen LogP contribution >= 0.6 is 11.6 Å². The second kappa shape index (κ2) is 6.21. The molecule has 0 atom stereocenters. The summed E-state index contributed by atoms with van der Waals surface area (Å²) in [5.74, 6) is 0.194. The van der Waals surface area contributed by atoms with Gasteiger partial charge in [0.25, 0.3) is 5.91 Å². The van der Waals surface area contributed by atoms with Gasteiger partial charge in [-0.2, -0.15) is 0 Å². The molecule has 0 spiro atoms. The summed E-state index contributed by atoms with van der Waals surface area (Å²) >= 11 is 5.81. The minimum Gasteiger partial charge on any atom is -0.384 e. The Balaban J connectivity index is 1.93. The lowest BCUT2D eigenvalue weighted by atomic mass is 10.2. The monoisotopic (exact) mass is 282 g/mol. The van der Waals surface area contributed by atoms with Crippen molar-refractivity contribution in [3.63, 3.8) is 0 Å². The van der Waals surface area contributed by atoms with E-state index in [0.717, 1.165) is 19.6 Å². The van der Waals surface area contributed by atoms with Crippen molar-refractivity contribution in [3.05, 3.63) is 22.8 Å². The van der Waals surface area contributed by atoms with E-state index in [2.05, 4.69) is 9.88 Å². The molecule has 1 fully saturated rings. The standard InChI is InChI=1S/C13H19ClN4O/c1-17(6-7-18-4-2-3-5-18)13(19)10-8-11(14)16-12(15)9-10/h8-9H,2-7H2,1H3,(H2,15,16). The van der Waals surface area contributed by atoms with E-state index < -0.39 is 0 Å². The fourth-order valence-corrected chi connectivity index (χ4v) is 2.48. The van der Waals surface area contributed by atoms with Gasteiger partial charge in [-0.1, -0.05) is 11.6 Å². The highest BCUT2D eigenvalue weighted by atomic mass is 35.5. The molecule has 0 aromatic carbocycles. The van der Waals surface area contributed by atoms with Crippen LogP contribution in [0.2, 0.25) is 5.15 Å². The molecule has 1 aliphatic rings. The molecule has 2 N–H and O–H groups in total. The fraction of sp³-hybridized carbons (Fsp3) is 0.538. The van der Waals surface area contributed by atoms with Crippen LogP contribution in [0.15, 0.2) is 12.1 Å². The van der Waals surface area contributed by atoms with Crippen LogP contribution < -0.4 is 5.73 Å². The molecule has 5 nitrogen and oxygen atoms in total. The molecular formula is C13H19ClN4O. The number of halogens is 1.